The van der Waals surface area contributed by atoms with Gasteiger partial charge < -0.3 is 15.5 Å². The van der Waals surface area contributed by atoms with Crippen molar-refractivity contribution >= 4 is 11.9 Å². The van der Waals surface area contributed by atoms with Gasteiger partial charge in [-0.15, -0.1) is 0 Å². The van der Waals surface area contributed by atoms with E-state index >= 15 is 0 Å². The summed E-state index contributed by atoms with van der Waals surface area (Å²) >= 11 is 0. The summed E-state index contributed by atoms with van der Waals surface area (Å²) in [6, 6.07) is 6.58. The van der Waals surface area contributed by atoms with Crippen molar-refractivity contribution in [1.29, 1.82) is 0 Å². The van der Waals surface area contributed by atoms with Gasteiger partial charge in [-0.25, -0.2) is 9.18 Å². The molecule has 1 aliphatic carbocycles. The van der Waals surface area contributed by atoms with Crippen molar-refractivity contribution in [2.75, 3.05) is 13.6 Å². The van der Waals surface area contributed by atoms with Crippen LogP contribution in [-0.2, 0) is 11.3 Å². The second kappa shape index (κ2) is 10.0. The fourth-order valence-electron chi connectivity index (χ4n) is 3.09. The summed E-state index contributed by atoms with van der Waals surface area (Å²) in [6.45, 7) is 0.707. The van der Waals surface area contributed by atoms with Crippen molar-refractivity contribution in [2.24, 2.45) is 0 Å². The minimum Gasteiger partial charge on any atom is -0.341 e. The molecule has 5 nitrogen and oxygen atoms in total. The van der Waals surface area contributed by atoms with Crippen molar-refractivity contribution in [3.8, 4) is 0 Å². The smallest absolute Gasteiger partial charge is 0.315 e. The van der Waals surface area contributed by atoms with Gasteiger partial charge in [-0.05, 0) is 25.3 Å². The number of benzene rings is 1. The van der Waals surface area contributed by atoms with E-state index in [0.29, 0.717) is 24.9 Å². The van der Waals surface area contributed by atoms with E-state index in [0.717, 1.165) is 12.8 Å². The summed E-state index contributed by atoms with van der Waals surface area (Å²) in [5, 5.41) is 5.78. The van der Waals surface area contributed by atoms with Gasteiger partial charge in [-0.1, -0.05) is 37.5 Å². The van der Waals surface area contributed by atoms with Crippen LogP contribution in [0.5, 0.6) is 0 Å². The maximum absolute atomic E-state index is 13.6. The van der Waals surface area contributed by atoms with Crippen LogP contribution in [0.1, 0.15) is 50.5 Å². The van der Waals surface area contributed by atoms with Gasteiger partial charge in [0.15, 0.2) is 0 Å². The summed E-state index contributed by atoms with van der Waals surface area (Å²) in [5.74, 6) is -0.360. The minimum absolute atomic E-state index is 0.0576. The standard InChI is InChI=1S/C19H28FN3O2/c1-23(14-15-8-5-6-11-17(15)20)18(24)12-7-13-21-19(25)22-16-9-3-2-4-10-16/h5-6,8,11,16H,2-4,7,9-10,12-14H2,1H3,(H2,21,22,25). The summed E-state index contributed by atoms with van der Waals surface area (Å²) in [5.41, 5.74) is 0.503. The first-order chi connectivity index (χ1) is 12.1. The average Bonchev–Trinajstić information content (AvgIpc) is 2.61. The molecule has 1 aliphatic rings. The van der Waals surface area contributed by atoms with Crippen molar-refractivity contribution in [1.82, 2.24) is 15.5 Å². The van der Waals surface area contributed by atoms with E-state index in [1.54, 1.807) is 25.2 Å². The molecule has 0 radical (unpaired) electrons. The molecule has 0 unspecified atom stereocenters. The van der Waals surface area contributed by atoms with Gasteiger partial charge in [0.25, 0.3) is 0 Å². The number of nitrogens with zero attached hydrogens (tertiary/aromatic N) is 1. The van der Waals surface area contributed by atoms with E-state index in [4.69, 9.17) is 0 Å². The normalized spacial score (nSPS) is 14.8. The third kappa shape index (κ3) is 6.72. The molecule has 3 amide bonds. The highest BCUT2D eigenvalue weighted by molar-refractivity contribution is 5.76. The second-order valence-electron chi connectivity index (χ2n) is 6.68. The summed E-state index contributed by atoms with van der Waals surface area (Å²) in [6.07, 6.45) is 6.59. The van der Waals surface area contributed by atoms with Crippen LogP contribution in [0, 0.1) is 5.82 Å². The van der Waals surface area contributed by atoms with Crippen molar-refractivity contribution in [3.63, 3.8) is 0 Å². The lowest BCUT2D eigenvalue weighted by Gasteiger charge is -2.23. The van der Waals surface area contributed by atoms with Crippen LogP contribution < -0.4 is 10.6 Å². The lowest BCUT2D eigenvalue weighted by molar-refractivity contribution is -0.130. The monoisotopic (exact) mass is 349 g/mol. The Hall–Kier alpha value is -2.11. The van der Waals surface area contributed by atoms with Gasteiger partial charge >= 0.3 is 6.03 Å². The molecule has 0 heterocycles. The molecule has 0 atom stereocenters. The van der Waals surface area contributed by atoms with E-state index in [2.05, 4.69) is 10.6 Å². The topological polar surface area (TPSA) is 61.4 Å². The number of hydrogen-bond acceptors (Lipinski definition) is 2. The van der Waals surface area contributed by atoms with E-state index in [9.17, 15) is 14.0 Å². The third-order valence-corrected chi connectivity index (χ3v) is 4.58. The SMILES string of the molecule is CN(Cc1ccccc1F)C(=O)CCCNC(=O)NC1CCCCC1. The molecule has 6 heteroatoms. The van der Waals surface area contributed by atoms with Crippen LogP contribution in [0.4, 0.5) is 9.18 Å². The number of carbonyl (C=O) groups is 2. The number of amides is 3. The molecule has 0 spiro atoms. The van der Waals surface area contributed by atoms with Crippen molar-refractivity contribution < 1.29 is 14.0 Å². The Kier molecular flexibility index (Phi) is 7.70. The number of hydrogen-bond donors (Lipinski definition) is 2. The molecule has 2 N–H and O–H groups in total. The maximum atomic E-state index is 13.6. The summed E-state index contributed by atoms with van der Waals surface area (Å²) < 4.78 is 13.6. The molecular weight excluding hydrogens is 321 g/mol. The van der Waals surface area contributed by atoms with E-state index in [1.807, 2.05) is 0 Å². The van der Waals surface area contributed by atoms with Crippen LogP contribution in [0.3, 0.4) is 0 Å². The fraction of sp³-hybridized carbons (Fsp3) is 0.579. The Morgan fingerprint density at radius 3 is 2.64 bits per heavy atom. The number of halogens is 1. The highest BCUT2D eigenvalue weighted by Crippen LogP contribution is 2.17. The Bertz CT molecular complexity index is 574. The predicted octanol–water partition coefficient (Wildman–Crippen LogP) is 3.20. The van der Waals surface area contributed by atoms with Crippen LogP contribution >= 0.6 is 0 Å². The van der Waals surface area contributed by atoms with E-state index in [1.165, 1.54) is 30.2 Å². The number of rotatable bonds is 7. The zero-order chi connectivity index (χ0) is 18.1. The highest BCUT2D eigenvalue weighted by atomic mass is 19.1. The van der Waals surface area contributed by atoms with Gasteiger partial charge in [-0.3, -0.25) is 4.79 Å². The first kappa shape index (κ1) is 19.2. The molecule has 1 fully saturated rings. The Balaban J connectivity index is 1.61. The lowest BCUT2D eigenvalue weighted by Crippen LogP contribution is -2.43. The Morgan fingerprint density at radius 2 is 1.92 bits per heavy atom. The largest absolute Gasteiger partial charge is 0.341 e. The fourth-order valence-corrected chi connectivity index (χ4v) is 3.09. The molecule has 1 aromatic rings. The average molecular weight is 349 g/mol. The molecule has 1 aromatic carbocycles. The molecule has 0 aliphatic heterocycles. The first-order valence-electron chi connectivity index (χ1n) is 9.08. The van der Waals surface area contributed by atoms with Gasteiger partial charge in [0.2, 0.25) is 5.91 Å². The Labute approximate surface area is 149 Å². The lowest BCUT2D eigenvalue weighted by atomic mass is 9.96. The second-order valence-corrected chi connectivity index (χ2v) is 6.68. The molecule has 2 rings (SSSR count). The Morgan fingerprint density at radius 1 is 1.20 bits per heavy atom. The van der Waals surface area contributed by atoms with Gasteiger partial charge in [0.05, 0.1) is 0 Å². The number of carbonyl (C=O) groups excluding carboxylic acids is 2. The number of nitrogens with one attached hydrogen (secondary N) is 2. The first-order valence-corrected chi connectivity index (χ1v) is 9.08. The van der Waals surface area contributed by atoms with Gasteiger partial charge in [0.1, 0.15) is 5.82 Å². The molecule has 0 aromatic heterocycles. The van der Waals surface area contributed by atoms with Gasteiger partial charge in [-0.2, -0.15) is 0 Å². The van der Waals surface area contributed by atoms with Crippen molar-refractivity contribution in [3.05, 3.63) is 35.6 Å². The van der Waals surface area contributed by atoms with Gasteiger partial charge in [0, 0.05) is 38.2 Å². The maximum Gasteiger partial charge on any atom is 0.315 e. The molecule has 0 saturated heterocycles. The van der Waals surface area contributed by atoms with Crippen LogP contribution in [0.2, 0.25) is 0 Å². The molecule has 0 bridgehead atoms. The van der Waals surface area contributed by atoms with E-state index < -0.39 is 0 Å². The molecule has 1 saturated carbocycles. The van der Waals surface area contributed by atoms with Crippen LogP contribution in [0.15, 0.2) is 24.3 Å². The molecular formula is C19H28FN3O2. The number of urea groups is 1. The minimum atomic E-state index is -0.303. The summed E-state index contributed by atoms with van der Waals surface area (Å²) in [4.78, 5) is 25.4. The summed E-state index contributed by atoms with van der Waals surface area (Å²) in [7, 11) is 1.66. The zero-order valence-corrected chi connectivity index (χ0v) is 14.9. The van der Waals surface area contributed by atoms with Crippen LogP contribution in [-0.4, -0.2) is 36.5 Å². The molecule has 138 valence electrons. The zero-order valence-electron chi connectivity index (χ0n) is 14.9. The molecule has 25 heavy (non-hydrogen) atoms. The predicted molar refractivity (Wildman–Crippen MR) is 95.5 cm³/mol. The quantitative estimate of drug-likeness (QED) is 0.743. The van der Waals surface area contributed by atoms with E-state index in [-0.39, 0.29) is 30.3 Å². The highest BCUT2D eigenvalue weighted by Gasteiger charge is 2.15. The van der Waals surface area contributed by atoms with Crippen molar-refractivity contribution in [2.45, 2.75) is 57.5 Å². The third-order valence-electron chi connectivity index (χ3n) is 4.58. The van der Waals surface area contributed by atoms with Crippen LogP contribution in [0.25, 0.3) is 0 Å².